The van der Waals surface area contributed by atoms with Crippen molar-refractivity contribution < 1.29 is 4.79 Å². The molecule has 4 heteroatoms. The van der Waals surface area contributed by atoms with Gasteiger partial charge in [0, 0.05) is 37.4 Å². The Morgan fingerprint density at radius 3 is 2.07 bits per heavy atom. The van der Waals surface area contributed by atoms with Gasteiger partial charge in [0.25, 0.3) is 0 Å². The van der Waals surface area contributed by atoms with Crippen LogP contribution in [0.3, 0.4) is 0 Å². The predicted octanol–water partition coefficient (Wildman–Crippen LogP) is 4.98. The summed E-state index contributed by atoms with van der Waals surface area (Å²) in [4.78, 5) is 18.9. The number of rotatable bonds is 8. The smallest absolute Gasteiger partial charge is 0.317 e. The Labute approximate surface area is 172 Å². The van der Waals surface area contributed by atoms with Gasteiger partial charge in [-0.05, 0) is 48.1 Å². The number of hydrogen-bond donors (Lipinski definition) is 1. The zero-order chi connectivity index (χ0) is 19.9. The molecule has 4 rings (SSSR count). The maximum absolute atomic E-state index is 12.9. The van der Waals surface area contributed by atoms with Crippen LogP contribution in [-0.2, 0) is 6.54 Å². The summed E-state index contributed by atoms with van der Waals surface area (Å²) < 4.78 is 0. The van der Waals surface area contributed by atoms with Gasteiger partial charge in [-0.15, -0.1) is 0 Å². The van der Waals surface area contributed by atoms with Crippen LogP contribution in [0.4, 0.5) is 4.79 Å². The molecule has 0 atom stereocenters. The number of aromatic nitrogens is 1. The Kier molecular flexibility index (Phi) is 6.20. The number of benzene rings is 2. The summed E-state index contributed by atoms with van der Waals surface area (Å²) in [6.07, 6.45) is 6.61. The summed E-state index contributed by atoms with van der Waals surface area (Å²) in [5.74, 6) is 0.271. The number of nitrogens with zero attached hydrogens (tertiary/aromatic N) is 2. The molecule has 2 amide bonds. The fraction of sp³-hybridized carbons (Fsp3) is 0.280. The molecule has 29 heavy (non-hydrogen) atoms. The third kappa shape index (κ3) is 5.23. The normalized spacial score (nSPS) is 13.3. The minimum Gasteiger partial charge on any atom is -0.338 e. The quantitative estimate of drug-likeness (QED) is 0.594. The number of amides is 2. The van der Waals surface area contributed by atoms with E-state index in [-0.39, 0.29) is 11.9 Å². The summed E-state index contributed by atoms with van der Waals surface area (Å²) in [7, 11) is 0. The molecule has 1 aliphatic rings. The molecule has 1 fully saturated rings. The second-order valence-corrected chi connectivity index (χ2v) is 7.61. The van der Waals surface area contributed by atoms with Crippen molar-refractivity contribution in [3.63, 3.8) is 0 Å². The summed E-state index contributed by atoms with van der Waals surface area (Å²) in [6.45, 7) is 1.28. The molecular weight excluding hydrogens is 358 g/mol. The van der Waals surface area contributed by atoms with E-state index in [2.05, 4.69) is 58.8 Å². The maximum atomic E-state index is 12.9. The highest BCUT2D eigenvalue weighted by Crippen LogP contribution is 2.29. The van der Waals surface area contributed by atoms with Gasteiger partial charge in [-0.25, -0.2) is 4.79 Å². The second-order valence-electron chi connectivity index (χ2n) is 7.61. The van der Waals surface area contributed by atoms with Gasteiger partial charge >= 0.3 is 6.03 Å². The van der Waals surface area contributed by atoms with Crippen LogP contribution in [0, 0.1) is 0 Å². The molecule has 0 spiro atoms. The van der Waals surface area contributed by atoms with Gasteiger partial charge in [0.1, 0.15) is 0 Å². The van der Waals surface area contributed by atoms with Gasteiger partial charge in [0.2, 0.25) is 0 Å². The van der Waals surface area contributed by atoms with Crippen LogP contribution in [0.25, 0.3) is 0 Å². The van der Waals surface area contributed by atoms with Crippen LogP contribution in [0.15, 0.2) is 85.2 Å². The minimum absolute atomic E-state index is 0.0317. The fourth-order valence-corrected chi connectivity index (χ4v) is 3.76. The van der Waals surface area contributed by atoms with E-state index in [1.54, 1.807) is 12.4 Å². The zero-order valence-electron chi connectivity index (χ0n) is 16.6. The molecule has 0 bridgehead atoms. The average Bonchev–Trinajstić information content (AvgIpc) is 3.62. The fourth-order valence-electron chi connectivity index (χ4n) is 3.76. The topological polar surface area (TPSA) is 45.2 Å². The zero-order valence-corrected chi connectivity index (χ0v) is 16.6. The van der Waals surface area contributed by atoms with E-state index in [4.69, 9.17) is 0 Å². The third-order valence-electron chi connectivity index (χ3n) is 5.46. The summed E-state index contributed by atoms with van der Waals surface area (Å²) >= 11 is 0. The highest BCUT2D eigenvalue weighted by molar-refractivity contribution is 5.75. The van der Waals surface area contributed by atoms with Crippen molar-refractivity contribution in [2.24, 2.45) is 0 Å². The van der Waals surface area contributed by atoms with Crippen LogP contribution in [0.5, 0.6) is 0 Å². The van der Waals surface area contributed by atoms with E-state index in [1.807, 2.05) is 29.2 Å². The number of nitrogens with one attached hydrogen (secondary N) is 1. The lowest BCUT2D eigenvalue weighted by atomic mass is 9.88. The van der Waals surface area contributed by atoms with Crippen LogP contribution in [-0.4, -0.2) is 28.5 Å². The van der Waals surface area contributed by atoms with Gasteiger partial charge in [0.15, 0.2) is 0 Å². The summed E-state index contributed by atoms with van der Waals surface area (Å²) in [6, 6.07) is 25.4. The van der Waals surface area contributed by atoms with E-state index in [0.717, 1.165) is 24.8 Å². The molecule has 148 valence electrons. The van der Waals surface area contributed by atoms with Crippen LogP contribution in [0.1, 0.15) is 41.9 Å². The Hall–Kier alpha value is -3.14. The van der Waals surface area contributed by atoms with Gasteiger partial charge in [0.05, 0.1) is 0 Å². The molecule has 2 aromatic carbocycles. The third-order valence-corrected chi connectivity index (χ3v) is 5.46. The first-order chi connectivity index (χ1) is 14.3. The van der Waals surface area contributed by atoms with Crippen LogP contribution >= 0.6 is 0 Å². The van der Waals surface area contributed by atoms with Crippen molar-refractivity contribution in [1.29, 1.82) is 0 Å². The Morgan fingerprint density at radius 2 is 1.52 bits per heavy atom. The van der Waals surface area contributed by atoms with E-state index in [0.29, 0.717) is 19.1 Å². The minimum atomic E-state index is 0.0317. The van der Waals surface area contributed by atoms with E-state index >= 15 is 0 Å². The number of carbonyl (C=O) groups excluding carboxylic acids is 1. The summed E-state index contributed by atoms with van der Waals surface area (Å²) in [5.41, 5.74) is 3.68. The number of pyridine rings is 1. The Balaban J connectivity index is 1.39. The van der Waals surface area contributed by atoms with Crippen molar-refractivity contribution in [2.45, 2.75) is 37.8 Å². The number of urea groups is 1. The van der Waals surface area contributed by atoms with Crippen molar-refractivity contribution >= 4 is 6.03 Å². The molecule has 1 aromatic heterocycles. The second kappa shape index (κ2) is 9.37. The molecule has 1 saturated carbocycles. The maximum Gasteiger partial charge on any atom is 0.317 e. The Morgan fingerprint density at radius 1 is 0.931 bits per heavy atom. The number of carbonyl (C=O) groups is 1. The standard InChI is InChI=1S/C25H27N3O/c29-25(28(23-11-12-23)19-20-13-16-26-17-14-20)27-18-15-24(21-7-3-1-4-8-21)22-9-5-2-6-10-22/h1-10,13-14,16-17,23-24H,11-12,15,18-19H2,(H,27,29). The van der Waals surface area contributed by atoms with E-state index < -0.39 is 0 Å². The molecular formula is C25H27N3O. The molecule has 0 aliphatic heterocycles. The van der Waals surface area contributed by atoms with Crippen molar-refractivity contribution in [3.05, 3.63) is 102 Å². The molecule has 4 nitrogen and oxygen atoms in total. The van der Waals surface area contributed by atoms with Crippen molar-refractivity contribution in [3.8, 4) is 0 Å². The van der Waals surface area contributed by atoms with Gasteiger partial charge in [-0.3, -0.25) is 4.98 Å². The van der Waals surface area contributed by atoms with Gasteiger partial charge < -0.3 is 10.2 Å². The average molecular weight is 386 g/mol. The molecule has 1 aliphatic carbocycles. The monoisotopic (exact) mass is 385 g/mol. The molecule has 0 radical (unpaired) electrons. The highest BCUT2D eigenvalue weighted by Gasteiger charge is 2.32. The van der Waals surface area contributed by atoms with Crippen LogP contribution in [0.2, 0.25) is 0 Å². The van der Waals surface area contributed by atoms with Gasteiger partial charge in [-0.2, -0.15) is 0 Å². The van der Waals surface area contributed by atoms with E-state index in [1.165, 1.54) is 11.1 Å². The molecule has 0 saturated heterocycles. The highest BCUT2D eigenvalue weighted by atomic mass is 16.2. The van der Waals surface area contributed by atoms with Gasteiger partial charge in [-0.1, -0.05) is 60.7 Å². The first-order valence-corrected chi connectivity index (χ1v) is 10.3. The summed E-state index contributed by atoms with van der Waals surface area (Å²) in [5, 5.41) is 3.17. The van der Waals surface area contributed by atoms with Crippen molar-refractivity contribution in [1.82, 2.24) is 15.2 Å². The lowest BCUT2D eigenvalue weighted by Gasteiger charge is -2.24. The number of hydrogen-bond acceptors (Lipinski definition) is 2. The molecule has 3 aromatic rings. The first-order valence-electron chi connectivity index (χ1n) is 10.3. The molecule has 1 heterocycles. The molecule has 0 unspecified atom stereocenters. The largest absolute Gasteiger partial charge is 0.338 e. The SMILES string of the molecule is O=C(NCCC(c1ccccc1)c1ccccc1)N(Cc1ccncc1)C1CC1. The lowest BCUT2D eigenvalue weighted by molar-refractivity contribution is 0.191. The lowest BCUT2D eigenvalue weighted by Crippen LogP contribution is -2.41. The predicted molar refractivity (Wildman–Crippen MR) is 116 cm³/mol. The molecule has 1 N–H and O–H groups in total. The van der Waals surface area contributed by atoms with Crippen LogP contribution < -0.4 is 5.32 Å². The van der Waals surface area contributed by atoms with Crippen molar-refractivity contribution in [2.75, 3.05) is 6.54 Å². The van der Waals surface area contributed by atoms with E-state index in [9.17, 15) is 4.79 Å². The Bertz CT molecular complexity index is 856. The first kappa shape index (κ1) is 19.2.